The summed E-state index contributed by atoms with van der Waals surface area (Å²) < 4.78 is 1.63. The molecule has 0 aromatic carbocycles. The summed E-state index contributed by atoms with van der Waals surface area (Å²) in [7, 11) is 0. The lowest BCUT2D eigenvalue weighted by Gasteiger charge is -2.05. The molecule has 0 spiro atoms. The Morgan fingerprint density at radius 2 is 2.05 bits per heavy atom. The van der Waals surface area contributed by atoms with E-state index in [4.69, 9.17) is 0 Å². The SMILES string of the molecule is O=C(Nc1cc(-n2ccnc2)ncn1)c1cc(=O)[nH]c(=O)[nH]1. The zero-order chi connectivity index (χ0) is 15.5. The molecule has 0 aliphatic carbocycles. The van der Waals surface area contributed by atoms with Gasteiger partial charge in [0.1, 0.15) is 30.0 Å². The number of nitrogens with one attached hydrogen (secondary N) is 3. The molecule has 110 valence electrons. The Balaban J connectivity index is 1.87. The van der Waals surface area contributed by atoms with Crippen LogP contribution in [0, 0.1) is 0 Å². The molecule has 0 atom stereocenters. The molecule has 0 saturated carbocycles. The van der Waals surface area contributed by atoms with Crippen LogP contribution in [0.5, 0.6) is 0 Å². The molecule has 10 heteroatoms. The fraction of sp³-hybridized carbons (Fsp3) is 0. The molecule has 0 fully saturated rings. The Morgan fingerprint density at radius 3 is 2.77 bits per heavy atom. The van der Waals surface area contributed by atoms with Crippen molar-refractivity contribution in [3.63, 3.8) is 0 Å². The average molecular weight is 299 g/mol. The highest BCUT2D eigenvalue weighted by Crippen LogP contribution is 2.09. The minimum Gasteiger partial charge on any atom is -0.305 e. The number of anilines is 1. The number of hydrogen-bond acceptors (Lipinski definition) is 6. The van der Waals surface area contributed by atoms with E-state index >= 15 is 0 Å². The van der Waals surface area contributed by atoms with Crippen molar-refractivity contribution in [2.24, 2.45) is 0 Å². The van der Waals surface area contributed by atoms with E-state index in [-0.39, 0.29) is 11.5 Å². The maximum Gasteiger partial charge on any atom is 0.326 e. The molecule has 10 nitrogen and oxygen atoms in total. The molecular weight excluding hydrogens is 290 g/mol. The number of hydrogen-bond donors (Lipinski definition) is 3. The number of imidazole rings is 1. The molecule has 1 amide bonds. The number of aromatic amines is 2. The summed E-state index contributed by atoms with van der Waals surface area (Å²) in [5.41, 5.74) is -1.60. The summed E-state index contributed by atoms with van der Waals surface area (Å²) in [6, 6.07) is 2.50. The molecule has 3 N–H and O–H groups in total. The van der Waals surface area contributed by atoms with E-state index in [0.29, 0.717) is 5.82 Å². The molecule has 0 unspecified atom stereocenters. The van der Waals surface area contributed by atoms with Crippen LogP contribution < -0.4 is 16.6 Å². The van der Waals surface area contributed by atoms with Gasteiger partial charge in [-0.15, -0.1) is 0 Å². The summed E-state index contributed by atoms with van der Waals surface area (Å²) in [6.45, 7) is 0. The smallest absolute Gasteiger partial charge is 0.305 e. The second kappa shape index (κ2) is 5.44. The molecule has 3 rings (SSSR count). The normalized spacial score (nSPS) is 10.4. The lowest BCUT2D eigenvalue weighted by Crippen LogP contribution is -2.27. The van der Waals surface area contributed by atoms with Gasteiger partial charge in [-0.25, -0.2) is 19.7 Å². The first-order valence-electron chi connectivity index (χ1n) is 6.07. The van der Waals surface area contributed by atoms with E-state index in [1.54, 1.807) is 23.3 Å². The summed E-state index contributed by atoms with van der Waals surface area (Å²) in [6.07, 6.45) is 6.08. The molecule has 0 aliphatic heterocycles. The molecule has 3 aromatic rings. The third kappa shape index (κ3) is 2.80. The largest absolute Gasteiger partial charge is 0.326 e. The maximum absolute atomic E-state index is 12.0. The van der Waals surface area contributed by atoms with Crippen LogP contribution in [-0.2, 0) is 0 Å². The first-order valence-corrected chi connectivity index (χ1v) is 6.07. The molecule has 3 heterocycles. The van der Waals surface area contributed by atoms with Gasteiger partial charge in [0.2, 0.25) is 0 Å². The van der Waals surface area contributed by atoms with Gasteiger partial charge in [0, 0.05) is 24.5 Å². The minimum absolute atomic E-state index is 0.170. The van der Waals surface area contributed by atoms with Crippen LogP contribution in [0.15, 0.2) is 46.8 Å². The highest BCUT2D eigenvalue weighted by atomic mass is 16.2. The van der Waals surface area contributed by atoms with Gasteiger partial charge in [-0.3, -0.25) is 19.1 Å². The van der Waals surface area contributed by atoms with E-state index in [1.165, 1.54) is 12.4 Å². The standard InChI is InChI=1S/C12H9N7O3/c20-10-3-7(16-12(22)18-10)11(21)17-8-4-9(15-5-14-8)19-2-1-13-6-19/h1-6H,(H,14,15,17,21)(H2,16,18,20,22). The highest BCUT2D eigenvalue weighted by molar-refractivity contribution is 6.02. The van der Waals surface area contributed by atoms with Gasteiger partial charge in [0.05, 0.1) is 0 Å². The quantitative estimate of drug-likeness (QED) is 0.584. The summed E-state index contributed by atoms with van der Waals surface area (Å²) >= 11 is 0. The van der Waals surface area contributed by atoms with Crippen molar-refractivity contribution in [3.8, 4) is 5.82 Å². The van der Waals surface area contributed by atoms with Gasteiger partial charge < -0.3 is 10.3 Å². The number of nitrogens with zero attached hydrogens (tertiary/aromatic N) is 4. The number of amides is 1. The third-order valence-electron chi connectivity index (χ3n) is 2.67. The van der Waals surface area contributed by atoms with Gasteiger partial charge in [-0.1, -0.05) is 0 Å². The monoisotopic (exact) mass is 299 g/mol. The lowest BCUT2D eigenvalue weighted by molar-refractivity contribution is 0.102. The number of carbonyl (C=O) groups is 1. The summed E-state index contributed by atoms with van der Waals surface area (Å²) in [5, 5.41) is 2.47. The van der Waals surface area contributed by atoms with Crippen molar-refractivity contribution in [2.45, 2.75) is 0 Å². The van der Waals surface area contributed by atoms with Crippen molar-refractivity contribution in [1.29, 1.82) is 0 Å². The van der Waals surface area contributed by atoms with Gasteiger partial charge in [0.15, 0.2) is 0 Å². The molecule has 0 saturated heterocycles. The van der Waals surface area contributed by atoms with Gasteiger partial charge >= 0.3 is 5.69 Å². The van der Waals surface area contributed by atoms with Crippen LogP contribution in [0.25, 0.3) is 5.82 Å². The molecule has 0 aliphatic rings. The zero-order valence-electron chi connectivity index (χ0n) is 11.0. The van der Waals surface area contributed by atoms with E-state index < -0.39 is 17.2 Å². The second-order valence-electron chi connectivity index (χ2n) is 4.19. The van der Waals surface area contributed by atoms with Crippen LogP contribution in [-0.4, -0.2) is 35.4 Å². The second-order valence-corrected chi connectivity index (χ2v) is 4.19. The predicted octanol–water partition coefficient (Wildman–Crippen LogP) is -0.709. The van der Waals surface area contributed by atoms with Crippen molar-refractivity contribution < 1.29 is 4.79 Å². The van der Waals surface area contributed by atoms with E-state index in [1.807, 2.05) is 4.98 Å². The topological polar surface area (TPSA) is 138 Å². The van der Waals surface area contributed by atoms with Gasteiger partial charge in [0.25, 0.3) is 11.5 Å². The van der Waals surface area contributed by atoms with Crippen LogP contribution in [0.2, 0.25) is 0 Å². The van der Waals surface area contributed by atoms with Crippen LogP contribution >= 0.6 is 0 Å². The van der Waals surface area contributed by atoms with Crippen LogP contribution in [0.4, 0.5) is 5.82 Å². The molecular formula is C12H9N7O3. The predicted molar refractivity (Wildman–Crippen MR) is 74.8 cm³/mol. The van der Waals surface area contributed by atoms with Crippen LogP contribution in [0.1, 0.15) is 10.5 Å². The maximum atomic E-state index is 12.0. The summed E-state index contributed by atoms with van der Waals surface area (Å²) in [4.78, 5) is 50.4. The van der Waals surface area contributed by atoms with Crippen LogP contribution in [0.3, 0.4) is 0 Å². The average Bonchev–Trinajstić information content (AvgIpc) is 3.00. The lowest BCUT2D eigenvalue weighted by atomic mass is 10.3. The Hall–Kier alpha value is -3.56. The summed E-state index contributed by atoms with van der Waals surface area (Å²) in [5.74, 6) is 0.0468. The van der Waals surface area contributed by atoms with E-state index in [2.05, 4.69) is 25.3 Å². The molecule has 22 heavy (non-hydrogen) atoms. The van der Waals surface area contributed by atoms with Gasteiger partial charge in [-0.05, 0) is 0 Å². The Morgan fingerprint density at radius 1 is 1.18 bits per heavy atom. The third-order valence-corrected chi connectivity index (χ3v) is 2.67. The number of carbonyl (C=O) groups excluding carboxylic acids is 1. The minimum atomic E-state index is -0.764. The fourth-order valence-corrected chi connectivity index (χ4v) is 1.73. The Bertz CT molecular complexity index is 898. The number of rotatable bonds is 3. The molecule has 0 bridgehead atoms. The zero-order valence-corrected chi connectivity index (χ0v) is 11.0. The Kier molecular flexibility index (Phi) is 3.32. The van der Waals surface area contributed by atoms with E-state index in [0.717, 1.165) is 6.07 Å². The van der Waals surface area contributed by atoms with Crippen molar-refractivity contribution in [2.75, 3.05) is 5.32 Å². The first-order chi connectivity index (χ1) is 10.6. The first kappa shape index (κ1) is 13.4. The Labute approximate surface area is 121 Å². The number of aromatic nitrogens is 6. The van der Waals surface area contributed by atoms with E-state index in [9.17, 15) is 14.4 Å². The van der Waals surface area contributed by atoms with Crippen molar-refractivity contribution in [3.05, 3.63) is 63.7 Å². The number of H-pyrrole nitrogens is 2. The fourth-order valence-electron chi connectivity index (χ4n) is 1.73. The van der Waals surface area contributed by atoms with Crippen molar-refractivity contribution in [1.82, 2.24) is 29.5 Å². The molecule has 3 aromatic heterocycles. The van der Waals surface area contributed by atoms with Crippen molar-refractivity contribution >= 4 is 11.7 Å². The highest BCUT2D eigenvalue weighted by Gasteiger charge is 2.10. The van der Waals surface area contributed by atoms with Gasteiger partial charge in [-0.2, -0.15) is 0 Å². The molecule has 0 radical (unpaired) electrons.